The lowest BCUT2D eigenvalue weighted by Crippen LogP contribution is -2.37. The standard InChI is InChI=1S/C30H62NO6P/c1-6-7-8-9-10-11-12-13-14-15-16-17-18-19-20-21-22-23-24-26-35-29-30(28-34-5)37-38(32,33)36-27-25-31(2,3)4/h15-16,30H,6-14,17-29H2,1-5H3/p+1/b16-15-/t30-/m0/s1. The van der Waals surface area contributed by atoms with Gasteiger partial charge >= 0.3 is 7.82 Å². The van der Waals surface area contributed by atoms with Gasteiger partial charge in [-0.3, -0.25) is 9.05 Å². The van der Waals surface area contributed by atoms with Crippen LogP contribution in [0, 0.1) is 0 Å². The first-order valence-corrected chi connectivity index (χ1v) is 16.9. The molecule has 1 N–H and O–H groups in total. The summed E-state index contributed by atoms with van der Waals surface area (Å²) >= 11 is 0. The van der Waals surface area contributed by atoms with Crippen LogP contribution in [0.3, 0.4) is 0 Å². The van der Waals surface area contributed by atoms with Crippen molar-refractivity contribution in [3.05, 3.63) is 12.2 Å². The number of quaternary nitrogens is 1. The van der Waals surface area contributed by atoms with Gasteiger partial charge in [-0.2, -0.15) is 0 Å². The summed E-state index contributed by atoms with van der Waals surface area (Å²) in [6.45, 7) is 4.04. The molecule has 0 aliphatic heterocycles. The van der Waals surface area contributed by atoms with E-state index in [-0.39, 0.29) is 19.8 Å². The summed E-state index contributed by atoms with van der Waals surface area (Å²) < 4.78 is 34.0. The third-order valence-electron chi connectivity index (χ3n) is 6.51. The number of phosphoric acid groups is 1. The first kappa shape index (κ1) is 37.7. The lowest BCUT2D eigenvalue weighted by molar-refractivity contribution is -0.870. The second-order valence-electron chi connectivity index (χ2n) is 11.6. The first-order valence-electron chi connectivity index (χ1n) is 15.4. The second-order valence-corrected chi connectivity index (χ2v) is 13.0. The molecule has 2 atom stereocenters. The number of likely N-dealkylation sites (N-methyl/N-ethyl adjacent to an activating group) is 1. The largest absolute Gasteiger partial charge is 0.472 e. The highest BCUT2D eigenvalue weighted by atomic mass is 31.2. The van der Waals surface area contributed by atoms with Gasteiger partial charge in [-0.25, -0.2) is 4.57 Å². The van der Waals surface area contributed by atoms with Crippen LogP contribution in [0.25, 0.3) is 0 Å². The Morgan fingerprint density at radius 1 is 0.737 bits per heavy atom. The number of phosphoric ester groups is 1. The van der Waals surface area contributed by atoms with Crippen LogP contribution < -0.4 is 0 Å². The molecule has 0 spiro atoms. The van der Waals surface area contributed by atoms with Crippen molar-refractivity contribution in [2.75, 3.05) is 61.2 Å². The summed E-state index contributed by atoms with van der Waals surface area (Å²) in [7, 11) is 3.37. The molecule has 0 heterocycles. The lowest BCUT2D eigenvalue weighted by Gasteiger charge is -2.25. The first-order chi connectivity index (χ1) is 18.2. The summed E-state index contributed by atoms with van der Waals surface area (Å²) in [5, 5.41) is 0. The van der Waals surface area contributed by atoms with Crippen LogP contribution in [0.1, 0.15) is 116 Å². The number of hydrogen-bond donors (Lipinski definition) is 1. The molecule has 0 aliphatic carbocycles. The Morgan fingerprint density at radius 2 is 1.24 bits per heavy atom. The Hall–Kier alpha value is -0.270. The maximum atomic E-state index is 12.2. The van der Waals surface area contributed by atoms with Crippen molar-refractivity contribution in [3.8, 4) is 0 Å². The molecule has 0 aromatic heterocycles. The van der Waals surface area contributed by atoms with Crippen molar-refractivity contribution in [2.24, 2.45) is 0 Å². The average Bonchev–Trinajstić information content (AvgIpc) is 2.84. The van der Waals surface area contributed by atoms with Crippen molar-refractivity contribution in [2.45, 2.75) is 122 Å². The quantitative estimate of drug-likeness (QED) is 0.0429. The van der Waals surface area contributed by atoms with E-state index in [1.54, 1.807) is 0 Å². The Bertz CT molecular complexity index is 582. The van der Waals surface area contributed by atoms with Crippen molar-refractivity contribution in [1.29, 1.82) is 0 Å². The second kappa shape index (κ2) is 25.7. The predicted molar refractivity (Wildman–Crippen MR) is 160 cm³/mol. The van der Waals surface area contributed by atoms with Crippen LogP contribution in [-0.2, 0) is 23.1 Å². The molecule has 0 aromatic rings. The van der Waals surface area contributed by atoms with Crippen LogP contribution in [0.4, 0.5) is 0 Å². The van der Waals surface area contributed by atoms with Crippen LogP contribution in [0.2, 0.25) is 0 Å². The van der Waals surface area contributed by atoms with Gasteiger partial charge in [0.25, 0.3) is 0 Å². The van der Waals surface area contributed by atoms with E-state index in [4.69, 9.17) is 18.5 Å². The summed E-state index contributed by atoms with van der Waals surface area (Å²) in [4.78, 5) is 9.97. The summed E-state index contributed by atoms with van der Waals surface area (Å²) in [6, 6.07) is 0. The molecular formula is C30H63NO6P+. The molecule has 1 unspecified atom stereocenters. The van der Waals surface area contributed by atoms with E-state index < -0.39 is 13.9 Å². The maximum absolute atomic E-state index is 12.2. The monoisotopic (exact) mass is 564 g/mol. The van der Waals surface area contributed by atoms with E-state index >= 15 is 0 Å². The van der Waals surface area contributed by atoms with Crippen LogP contribution >= 0.6 is 7.82 Å². The van der Waals surface area contributed by atoms with Gasteiger partial charge < -0.3 is 18.9 Å². The molecule has 0 saturated heterocycles. The number of allylic oxidation sites excluding steroid dienone is 2. The molecule has 0 aliphatic rings. The van der Waals surface area contributed by atoms with Crippen LogP contribution in [-0.4, -0.2) is 76.7 Å². The van der Waals surface area contributed by atoms with E-state index in [1.165, 1.54) is 103 Å². The van der Waals surface area contributed by atoms with Crippen molar-refractivity contribution in [1.82, 2.24) is 0 Å². The molecule has 8 heteroatoms. The summed E-state index contributed by atoms with van der Waals surface area (Å²) in [5.41, 5.74) is 0. The zero-order valence-corrected chi connectivity index (χ0v) is 26.6. The molecule has 0 saturated carbocycles. The van der Waals surface area contributed by atoms with Gasteiger partial charge in [-0.05, 0) is 32.1 Å². The Morgan fingerprint density at radius 3 is 1.74 bits per heavy atom. The number of nitrogens with zero attached hydrogens (tertiary/aromatic N) is 1. The summed E-state index contributed by atoms with van der Waals surface area (Å²) in [6.07, 6.45) is 26.3. The molecule has 38 heavy (non-hydrogen) atoms. The Labute approximate surface area is 235 Å². The van der Waals surface area contributed by atoms with Gasteiger partial charge in [0.2, 0.25) is 0 Å². The van der Waals surface area contributed by atoms with E-state index in [0.717, 1.165) is 12.8 Å². The van der Waals surface area contributed by atoms with Crippen LogP contribution in [0.5, 0.6) is 0 Å². The molecule has 7 nitrogen and oxygen atoms in total. The number of rotatable bonds is 29. The predicted octanol–water partition coefficient (Wildman–Crippen LogP) is 8.07. The minimum Gasteiger partial charge on any atom is -0.382 e. The molecular weight excluding hydrogens is 501 g/mol. The Balaban J connectivity index is 3.59. The van der Waals surface area contributed by atoms with Crippen molar-refractivity contribution in [3.63, 3.8) is 0 Å². The topological polar surface area (TPSA) is 74.2 Å². The SMILES string of the molecule is CCCCCCCCCC/C=C\CCCCCCCCCOC[C@H](COC)OP(=O)(O)OCC[N+](C)(C)C. The molecule has 0 amide bonds. The minimum atomic E-state index is -4.14. The number of methoxy groups -OCH3 is 1. The molecule has 228 valence electrons. The highest BCUT2D eigenvalue weighted by Crippen LogP contribution is 2.44. The lowest BCUT2D eigenvalue weighted by atomic mass is 10.1. The average molecular weight is 565 g/mol. The smallest absolute Gasteiger partial charge is 0.382 e. The van der Waals surface area contributed by atoms with Gasteiger partial charge in [0.05, 0.1) is 34.4 Å². The van der Waals surface area contributed by atoms with Crippen LogP contribution in [0.15, 0.2) is 12.2 Å². The third kappa shape index (κ3) is 28.7. The zero-order valence-electron chi connectivity index (χ0n) is 25.7. The van der Waals surface area contributed by atoms with Gasteiger partial charge in [0, 0.05) is 13.7 Å². The fourth-order valence-corrected chi connectivity index (χ4v) is 5.01. The van der Waals surface area contributed by atoms with E-state index in [2.05, 4.69) is 19.1 Å². The molecule has 0 aromatic carbocycles. The fraction of sp³-hybridized carbons (Fsp3) is 0.933. The fourth-order valence-electron chi connectivity index (χ4n) is 4.14. The normalized spacial score (nSPS) is 14.8. The highest BCUT2D eigenvalue weighted by Gasteiger charge is 2.27. The highest BCUT2D eigenvalue weighted by molar-refractivity contribution is 7.47. The van der Waals surface area contributed by atoms with Gasteiger partial charge in [-0.15, -0.1) is 0 Å². The number of unbranched alkanes of at least 4 members (excludes halogenated alkanes) is 15. The van der Waals surface area contributed by atoms with Gasteiger partial charge in [0.1, 0.15) is 19.3 Å². The van der Waals surface area contributed by atoms with E-state index in [1.807, 2.05) is 21.1 Å². The van der Waals surface area contributed by atoms with Gasteiger partial charge in [-0.1, -0.05) is 96.1 Å². The molecule has 0 radical (unpaired) electrons. The van der Waals surface area contributed by atoms with E-state index in [9.17, 15) is 9.46 Å². The number of ether oxygens (including phenoxy) is 2. The van der Waals surface area contributed by atoms with Gasteiger partial charge in [0.15, 0.2) is 0 Å². The zero-order chi connectivity index (χ0) is 28.4. The van der Waals surface area contributed by atoms with Crippen molar-refractivity contribution >= 4 is 7.82 Å². The maximum Gasteiger partial charge on any atom is 0.472 e. The van der Waals surface area contributed by atoms with Crippen molar-refractivity contribution < 1.29 is 32.5 Å². The minimum absolute atomic E-state index is 0.147. The van der Waals surface area contributed by atoms with E-state index in [0.29, 0.717) is 17.6 Å². The molecule has 0 bridgehead atoms. The molecule has 0 rings (SSSR count). The molecule has 0 fully saturated rings. The summed E-state index contributed by atoms with van der Waals surface area (Å²) in [5.74, 6) is 0. The number of hydrogen-bond acceptors (Lipinski definition) is 5. The Kier molecular flexibility index (Phi) is 25.5. The third-order valence-corrected chi connectivity index (χ3v) is 7.58.